The van der Waals surface area contributed by atoms with Gasteiger partial charge in [0.2, 0.25) is 5.88 Å². The van der Waals surface area contributed by atoms with Gasteiger partial charge in [-0.2, -0.15) is 0 Å². The largest absolute Gasteiger partial charge is 0.477 e. The number of ether oxygens (including phenoxy) is 1. The molecule has 0 unspecified atom stereocenters. The molecule has 0 aliphatic heterocycles. The molecule has 94 valence electrons. The molecule has 0 radical (unpaired) electrons. The van der Waals surface area contributed by atoms with Crippen LogP contribution >= 0.6 is 11.6 Å². The number of aromatic nitrogens is 3. The van der Waals surface area contributed by atoms with E-state index in [4.69, 9.17) is 16.3 Å². The first kappa shape index (κ1) is 12.8. The number of hydrogen-bond acceptors (Lipinski definition) is 4. The van der Waals surface area contributed by atoms with E-state index in [1.165, 1.54) is 11.9 Å². The first-order valence-corrected chi connectivity index (χ1v) is 6.14. The van der Waals surface area contributed by atoms with E-state index in [1.807, 2.05) is 19.1 Å². The first-order chi connectivity index (χ1) is 8.77. The molecule has 0 bridgehead atoms. The van der Waals surface area contributed by atoms with Gasteiger partial charge in [0, 0.05) is 18.0 Å². The van der Waals surface area contributed by atoms with Gasteiger partial charge in [0.15, 0.2) is 0 Å². The van der Waals surface area contributed by atoms with Crippen LogP contribution in [0, 0.1) is 6.92 Å². The molecule has 2 heterocycles. The van der Waals surface area contributed by atoms with E-state index < -0.39 is 0 Å². The van der Waals surface area contributed by atoms with Crippen molar-refractivity contribution in [3.8, 4) is 5.88 Å². The van der Waals surface area contributed by atoms with Crippen molar-refractivity contribution in [3.05, 3.63) is 47.1 Å². The third-order valence-corrected chi connectivity index (χ3v) is 2.96. The average Bonchev–Trinajstić information content (AvgIpc) is 2.40. The topological polar surface area (TPSA) is 47.9 Å². The molecule has 0 aliphatic rings. The maximum Gasteiger partial charge on any atom is 0.220 e. The van der Waals surface area contributed by atoms with Crippen LogP contribution in [0.5, 0.6) is 5.88 Å². The highest BCUT2D eigenvalue weighted by Crippen LogP contribution is 2.20. The van der Waals surface area contributed by atoms with Gasteiger partial charge in [-0.1, -0.05) is 11.6 Å². The van der Waals surface area contributed by atoms with Gasteiger partial charge in [-0.3, -0.25) is 4.98 Å². The van der Waals surface area contributed by atoms with Gasteiger partial charge >= 0.3 is 0 Å². The zero-order valence-corrected chi connectivity index (χ0v) is 10.9. The summed E-state index contributed by atoms with van der Waals surface area (Å²) in [6, 6.07) is 4.01. The summed E-state index contributed by atoms with van der Waals surface area (Å²) in [7, 11) is 0. The normalized spacial score (nSPS) is 10.3. The molecule has 0 fully saturated rings. The highest BCUT2D eigenvalue weighted by molar-refractivity contribution is 6.30. The monoisotopic (exact) mass is 263 g/mol. The molecule has 0 aromatic carbocycles. The molecule has 0 saturated heterocycles. The minimum atomic E-state index is 0.439. The lowest BCUT2D eigenvalue weighted by atomic mass is 10.1. The maximum absolute atomic E-state index is 5.88. The number of halogens is 1. The number of nitrogens with zero attached hydrogens (tertiary/aromatic N) is 3. The summed E-state index contributed by atoms with van der Waals surface area (Å²) in [5.41, 5.74) is 2.04. The number of aryl methyl sites for hydroxylation is 1. The van der Waals surface area contributed by atoms with E-state index in [1.54, 1.807) is 12.4 Å². The number of pyridine rings is 1. The molecule has 4 nitrogen and oxygen atoms in total. The van der Waals surface area contributed by atoms with Crippen LogP contribution in [0.15, 0.2) is 30.9 Å². The molecule has 0 amide bonds. The summed E-state index contributed by atoms with van der Waals surface area (Å²) >= 11 is 5.88. The number of hydrogen-bond donors (Lipinski definition) is 0. The molecule has 0 atom stereocenters. The first-order valence-electron chi connectivity index (χ1n) is 5.76. The van der Waals surface area contributed by atoms with E-state index in [9.17, 15) is 0 Å². The summed E-state index contributed by atoms with van der Waals surface area (Å²) in [6.45, 7) is 2.46. The van der Waals surface area contributed by atoms with E-state index in [0.29, 0.717) is 17.6 Å². The van der Waals surface area contributed by atoms with Crippen LogP contribution in [0.2, 0.25) is 5.15 Å². The smallest absolute Gasteiger partial charge is 0.220 e. The Balaban J connectivity index is 1.81. The van der Waals surface area contributed by atoms with Crippen molar-refractivity contribution >= 4 is 11.6 Å². The Morgan fingerprint density at radius 3 is 2.78 bits per heavy atom. The van der Waals surface area contributed by atoms with Crippen molar-refractivity contribution in [1.82, 2.24) is 15.0 Å². The van der Waals surface area contributed by atoms with Gasteiger partial charge in [-0.15, -0.1) is 0 Å². The fourth-order valence-electron chi connectivity index (χ4n) is 1.55. The van der Waals surface area contributed by atoms with Crippen molar-refractivity contribution in [2.45, 2.75) is 19.8 Å². The van der Waals surface area contributed by atoms with Crippen LogP contribution in [0.25, 0.3) is 0 Å². The Morgan fingerprint density at radius 2 is 2.00 bits per heavy atom. The van der Waals surface area contributed by atoms with Gasteiger partial charge in [0.1, 0.15) is 11.5 Å². The zero-order chi connectivity index (χ0) is 12.8. The predicted octanol–water partition coefficient (Wildman–Crippen LogP) is 2.85. The molecular formula is C13H14ClN3O. The van der Waals surface area contributed by atoms with Crippen LogP contribution in [0.1, 0.15) is 17.5 Å². The highest BCUT2D eigenvalue weighted by Gasteiger charge is 2.05. The second kappa shape index (κ2) is 6.31. The molecular weight excluding hydrogens is 250 g/mol. The highest BCUT2D eigenvalue weighted by atomic mass is 35.5. The van der Waals surface area contributed by atoms with Crippen molar-refractivity contribution in [2.75, 3.05) is 6.61 Å². The Hall–Kier alpha value is -1.68. The SMILES string of the molecule is Cc1c(Cl)ncnc1OCCCc1ccncc1. The van der Waals surface area contributed by atoms with E-state index in [-0.39, 0.29) is 0 Å². The Morgan fingerprint density at radius 1 is 1.22 bits per heavy atom. The predicted molar refractivity (Wildman–Crippen MR) is 69.8 cm³/mol. The van der Waals surface area contributed by atoms with Crippen LogP contribution in [0.3, 0.4) is 0 Å². The lowest BCUT2D eigenvalue weighted by Crippen LogP contribution is -2.03. The minimum Gasteiger partial charge on any atom is -0.477 e. The summed E-state index contributed by atoms with van der Waals surface area (Å²) in [6.07, 6.45) is 6.88. The molecule has 2 aromatic heterocycles. The number of rotatable bonds is 5. The summed E-state index contributed by atoms with van der Waals surface area (Å²) in [4.78, 5) is 11.9. The van der Waals surface area contributed by atoms with E-state index in [0.717, 1.165) is 18.4 Å². The fraction of sp³-hybridized carbons (Fsp3) is 0.308. The van der Waals surface area contributed by atoms with E-state index >= 15 is 0 Å². The Bertz CT molecular complexity index is 505. The summed E-state index contributed by atoms with van der Waals surface area (Å²) in [5, 5.41) is 0.439. The van der Waals surface area contributed by atoms with Crippen LogP contribution < -0.4 is 4.74 Å². The molecule has 0 saturated carbocycles. The lowest BCUT2D eigenvalue weighted by molar-refractivity contribution is 0.296. The summed E-state index contributed by atoms with van der Waals surface area (Å²) in [5.74, 6) is 0.560. The molecule has 5 heteroatoms. The standard InChI is InChI=1S/C13H14ClN3O/c1-10-12(14)16-9-17-13(10)18-8-2-3-11-4-6-15-7-5-11/h4-7,9H,2-3,8H2,1H3. The lowest BCUT2D eigenvalue weighted by Gasteiger charge is -2.07. The van der Waals surface area contributed by atoms with Crippen molar-refractivity contribution < 1.29 is 4.74 Å². The quantitative estimate of drug-likeness (QED) is 0.615. The molecule has 18 heavy (non-hydrogen) atoms. The molecule has 0 aliphatic carbocycles. The van der Waals surface area contributed by atoms with Crippen molar-refractivity contribution in [2.24, 2.45) is 0 Å². The van der Waals surface area contributed by atoms with Gasteiger partial charge in [0.25, 0.3) is 0 Å². The second-order valence-electron chi connectivity index (χ2n) is 3.90. The summed E-state index contributed by atoms with van der Waals surface area (Å²) < 4.78 is 5.59. The van der Waals surface area contributed by atoms with Crippen LogP contribution in [0.4, 0.5) is 0 Å². The van der Waals surface area contributed by atoms with Crippen LogP contribution in [-0.2, 0) is 6.42 Å². The van der Waals surface area contributed by atoms with Gasteiger partial charge in [-0.05, 0) is 37.5 Å². The fourth-order valence-corrected chi connectivity index (χ4v) is 1.68. The van der Waals surface area contributed by atoms with Gasteiger partial charge in [0.05, 0.1) is 6.61 Å². The van der Waals surface area contributed by atoms with Crippen LogP contribution in [-0.4, -0.2) is 21.6 Å². The third kappa shape index (κ3) is 3.40. The molecule has 2 aromatic rings. The zero-order valence-electron chi connectivity index (χ0n) is 10.1. The average molecular weight is 264 g/mol. The Labute approximate surface area is 111 Å². The molecule has 2 rings (SSSR count). The minimum absolute atomic E-state index is 0.439. The molecule has 0 N–H and O–H groups in total. The van der Waals surface area contributed by atoms with Crippen molar-refractivity contribution in [3.63, 3.8) is 0 Å². The molecule has 0 spiro atoms. The Kier molecular flexibility index (Phi) is 4.47. The third-order valence-electron chi connectivity index (χ3n) is 2.57. The van der Waals surface area contributed by atoms with Gasteiger partial charge < -0.3 is 4.74 Å². The van der Waals surface area contributed by atoms with E-state index in [2.05, 4.69) is 15.0 Å². The van der Waals surface area contributed by atoms with Crippen molar-refractivity contribution in [1.29, 1.82) is 0 Å². The van der Waals surface area contributed by atoms with Gasteiger partial charge in [-0.25, -0.2) is 9.97 Å². The maximum atomic E-state index is 5.88. The second-order valence-corrected chi connectivity index (χ2v) is 4.26.